The maximum absolute atomic E-state index is 12.0. The van der Waals surface area contributed by atoms with Gasteiger partial charge in [0.15, 0.2) is 0 Å². The Kier molecular flexibility index (Phi) is 5.21. The summed E-state index contributed by atoms with van der Waals surface area (Å²) >= 11 is 0. The first-order chi connectivity index (χ1) is 7.42. The second-order valence-corrected chi connectivity index (χ2v) is 7.29. The lowest BCUT2D eigenvalue weighted by atomic mass is 10.0. The molecule has 1 rings (SSSR count). The fraction of sp³-hybridized carbons (Fsp3) is 1.00. The zero-order valence-corrected chi connectivity index (χ0v) is 11.4. The van der Waals surface area contributed by atoms with E-state index in [4.69, 9.17) is 0 Å². The first-order valence-corrected chi connectivity index (χ1v) is 7.67. The Bertz CT molecular complexity index is 295. The molecule has 96 valence electrons. The van der Waals surface area contributed by atoms with Crippen LogP contribution in [0, 0.1) is 11.8 Å². The van der Waals surface area contributed by atoms with Gasteiger partial charge in [0.25, 0.3) is 0 Å². The van der Waals surface area contributed by atoms with Crippen molar-refractivity contribution in [3.8, 4) is 0 Å². The molecule has 0 aromatic carbocycles. The summed E-state index contributed by atoms with van der Waals surface area (Å²) in [6.07, 6.45) is 2.12. The highest BCUT2D eigenvalue weighted by Gasteiger charge is 2.24. The molecule has 0 bridgehead atoms. The van der Waals surface area contributed by atoms with Gasteiger partial charge in [-0.15, -0.1) is 0 Å². The van der Waals surface area contributed by atoms with E-state index in [9.17, 15) is 8.42 Å². The quantitative estimate of drug-likeness (QED) is 0.786. The van der Waals surface area contributed by atoms with Crippen LogP contribution in [0.15, 0.2) is 0 Å². The Morgan fingerprint density at radius 2 is 2.12 bits per heavy atom. The van der Waals surface area contributed by atoms with Crippen molar-refractivity contribution in [2.24, 2.45) is 11.8 Å². The van der Waals surface area contributed by atoms with E-state index in [0.29, 0.717) is 18.2 Å². The topological polar surface area (TPSA) is 49.4 Å². The van der Waals surface area contributed by atoms with E-state index < -0.39 is 10.0 Å². The summed E-state index contributed by atoms with van der Waals surface area (Å²) in [7, 11) is -1.38. The first-order valence-electron chi connectivity index (χ1n) is 6.06. The van der Waals surface area contributed by atoms with Crippen LogP contribution in [-0.2, 0) is 10.0 Å². The summed E-state index contributed by atoms with van der Waals surface area (Å²) in [5, 5.41) is 3.25. The van der Waals surface area contributed by atoms with Crippen LogP contribution < -0.4 is 5.32 Å². The standard InChI is InChI=1S/C11H24N2O2S/c1-10(2)8-13(3)16(14,15)9-11-5-4-6-12-7-11/h10-12H,4-9H2,1-3H3. The lowest BCUT2D eigenvalue weighted by Crippen LogP contribution is -2.39. The summed E-state index contributed by atoms with van der Waals surface area (Å²) in [4.78, 5) is 0. The van der Waals surface area contributed by atoms with Crippen molar-refractivity contribution in [1.82, 2.24) is 9.62 Å². The summed E-state index contributed by atoms with van der Waals surface area (Å²) < 4.78 is 25.6. The number of hydrogen-bond acceptors (Lipinski definition) is 3. The van der Waals surface area contributed by atoms with Gasteiger partial charge in [-0.05, 0) is 37.8 Å². The van der Waals surface area contributed by atoms with E-state index in [1.54, 1.807) is 7.05 Å². The molecule has 16 heavy (non-hydrogen) atoms. The second-order valence-electron chi connectivity index (χ2n) is 5.17. The molecule has 0 aromatic rings. The summed E-state index contributed by atoms with van der Waals surface area (Å²) in [6, 6.07) is 0. The van der Waals surface area contributed by atoms with Crippen molar-refractivity contribution in [2.75, 3.05) is 32.4 Å². The van der Waals surface area contributed by atoms with Gasteiger partial charge in [-0.1, -0.05) is 13.8 Å². The molecular formula is C11H24N2O2S. The molecule has 1 heterocycles. The molecule has 0 saturated carbocycles. The number of hydrogen-bond donors (Lipinski definition) is 1. The number of rotatable bonds is 5. The molecule has 1 aliphatic rings. The molecule has 1 aliphatic heterocycles. The van der Waals surface area contributed by atoms with Gasteiger partial charge in [0.05, 0.1) is 5.75 Å². The van der Waals surface area contributed by atoms with Gasteiger partial charge in [0.1, 0.15) is 0 Å². The van der Waals surface area contributed by atoms with E-state index in [1.165, 1.54) is 4.31 Å². The summed E-state index contributed by atoms with van der Waals surface area (Å²) in [6.45, 7) is 6.55. The van der Waals surface area contributed by atoms with E-state index in [2.05, 4.69) is 5.32 Å². The lowest BCUT2D eigenvalue weighted by Gasteiger charge is -2.26. The fourth-order valence-electron chi connectivity index (χ4n) is 2.12. The number of sulfonamides is 1. The van der Waals surface area contributed by atoms with Crippen LogP contribution >= 0.6 is 0 Å². The van der Waals surface area contributed by atoms with Crippen molar-refractivity contribution >= 4 is 10.0 Å². The van der Waals surface area contributed by atoms with Gasteiger partial charge < -0.3 is 5.32 Å². The molecule has 0 spiro atoms. The van der Waals surface area contributed by atoms with Crippen LogP contribution in [0.5, 0.6) is 0 Å². The predicted octanol–water partition coefficient (Wildman–Crippen LogP) is 0.904. The summed E-state index contributed by atoms with van der Waals surface area (Å²) in [5.74, 6) is 0.959. The highest BCUT2D eigenvalue weighted by Crippen LogP contribution is 2.15. The Balaban J connectivity index is 2.49. The molecule has 1 fully saturated rings. The van der Waals surface area contributed by atoms with Crippen molar-refractivity contribution in [3.05, 3.63) is 0 Å². The monoisotopic (exact) mass is 248 g/mol. The van der Waals surface area contributed by atoms with Gasteiger partial charge >= 0.3 is 0 Å². The third-order valence-electron chi connectivity index (χ3n) is 2.94. The minimum Gasteiger partial charge on any atom is -0.316 e. The molecule has 0 aliphatic carbocycles. The zero-order chi connectivity index (χ0) is 12.2. The number of piperidine rings is 1. The van der Waals surface area contributed by atoms with Crippen LogP contribution in [0.1, 0.15) is 26.7 Å². The fourth-order valence-corrected chi connectivity index (χ4v) is 3.78. The third-order valence-corrected chi connectivity index (χ3v) is 4.93. The molecule has 5 heteroatoms. The molecule has 4 nitrogen and oxygen atoms in total. The average molecular weight is 248 g/mol. The van der Waals surface area contributed by atoms with Crippen LogP contribution in [0.3, 0.4) is 0 Å². The Labute approximate surface area is 99.5 Å². The molecule has 0 aromatic heterocycles. The zero-order valence-electron chi connectivity index (χ0n) is 10.6. The van der Waals surface area contributed by atoms with Gasteiger partial charge in [-0.25, -0.2) is 12.7 Å². The maximum atomic E-state index is 12.0. The minimum absolute atomic E-state index is 0.286. The summed E-state index contributed by atoms with van der Waals surface area (Å²) in [5.41, 5.74) is 0. The van der Waals surface area contributed by atoms with Crippen molar-refractivity contribution in [1.29, 1.82) is 0 Å². The molecule has 1 unspecified atom stereocenters. The Hall–Kier alpha value is -0.130. The second kappa shape index (κ2) is 5.98. The van der Waals surface area contributed by atoms with Gasteiger partial charge in [-0.2, -0.15) is 0 Å². The SMILES string of the molecule is CC(C)CN(C)S(=O)(=O)CC1CCCNC1. The Morgan fingerprint density at radius 3 is 2.62 bits per heavy atom. The minimum atomic E-state index is -3.06. The third kappa shape index (κ3) is 4.39. The van der Waals surface area contributed by atoms with E-state index in [-0.39, 0.29) is 5.92 Å². The normalized spacial score (nSPS) is 22.9. The van der Waals surface area contributed by atoms with E-state index >= 15 is 0 Å². The predicted molar refractivity (Wildman–Crippen MR) is 66.8 cm³/mol. The van der Waals surface area contributed by atoms with E-state index in [0.717, 1.165) is 25.9 Å². The van der Waals surface area contributed by atoms with Crippen molar-refractivity contribution in [3.63, 3.8) is 0 Å². The first kappa shape index (κ1) is 13.9. The van der Waals surface area contributed by atoms with Crippen molar-refractivity contribution < 1.29 is 8.42 Å². The highest BCUT2D eigenvalue weighted by atomic mass is 32.2. The Morgan fingerprint density at radius 1 is 1.44 bits per heavy atom. The molecule has 0 radical (unpaired) electrons. The molecule has 1 saturated heterocycles. The molecular weight excluding hydrogens is 224 g/mol. The van der Waals surface area contributed by atoms with Crippen LogP contribution in [0.2, 0.25) is 0 Å². The number of nitrogens with one attached hydrogen (secondary N) is 1. The van der Waals surface area contributed by atoms with Gasteiger partial charge in [0, 0.05) is 13.6 Å². The molecule has 1 N–H and O–H groups in total. The highest BCUT2D eigenvalue weighted by molar-refractivity contribution is 7.89. The van der Waals surface area contributed by atoms with Crippen molar-refractivity contribution in [2.45, 2.75) is 26.7 Å². The molecule has 1 atom stereocenters. The van der Waals surface area contributed by atoms with Gasteiger partial charge in [0.2, 0.25) is 10.0 Å². The van der Waals surface area contributed by atoms with E-state index in [1.807, 2.05) is 13.8 Å². The van der Waals surface area contributed by atoms with Crippen LogP contribution in [0.4, 0.5) is 0 Å². The smallest absolute Gasteiger partial charge is 0.214 e. The maximum Gasteiger partial charge on any atom is 0.214 e. The average Bonchev–Trinajstić information content (AvgIpc) is 2.17. The largest absolute Gasteiger partial charge is 0.316 e. The van der Waals surface area contributed by atoms with Gasteiger partial charge in [-0.3, -0.25) is 0 Å². The number of nitrogens with zero attached hydrogens (tertiary/aromatic N) is 1. The molecule has 0 amide bonds. The van der Waals surface area contributed by atoms with Crippen LogP contribution in [0.25, 0.3) is 0 Å². The van der Waals surface area contributed by atoms with Crippen LogP contribution in [-0.4, -0.2) is 45.2 Å². The lowest BCUT2D eigenvalue weighted by molar-refractivity contribution is 0.381.